The number of carbonyl (C=O) groups is 1. The smallest absolute Gasteiger partial charge is 0.239 e. The second-order valence-electron chi connectivity index (χ2n) is 5.27. The fourth-order valence-corrected chi connectivity index (χ4v) is 3.68. The fourth-order valence-electron chi connectivity index (χ4n) is 1.63. The Balaban J connectivity index is 2.89. The van der Waals surface area contributed by atoms with E-state index >= 15 is 0 Å². The Labute approximate surface area is 137 Å². The van der Waals surface area contributed by atoms with Crippen molar-refractivity contribution in [3.05, 3.63) is 22.2 Å². The summed E-state index contributed by atoms with van der Waals surface area (Å²) in [6, 6.07) is 3.00. The van der Waals surface area contributed by atoms with Crippen molar-refractivity contribution in [2.24, 2.45) is 5.92 Å². The maximum Gasteiger partial charge on any atom is 0.239 e. The summed E-state index contributed by atoms with van der Waals surface area (Å²) in [4.78, 5) is 12.2. The zero-order chi connectivity index (χ0) is 16.3. The van der Waals surface area contributed by atoms with Crippen LogP contribution in [0, 0.1) is 5.92 Å². The maximum absolute atomic E-state index is 12.3. The Morgan fingerprint density at radius 1 is 1.19 bits per heavy atom. The summed E-state index contributed by atoms with van der Waals surface area (Å²) < 4.78 is 12.3. The van der Waals surface area contributed by atoms with E-state index in [1.807, 2.05) is 20.8 Å². The van der Waals surface area contributed by atoms with Crippen LogP contribution in [0.4, 0.5) is 11.4 Å². The number of hydrogen-bond donors (Lipinski definition) is 2. The van der Waals surface area contributed by atoms with Crippen LogP contribution in [-0.4, -0.2) is 20.6 Å². The SMILES string of the molecule is CC(C)C(C)S(=O)C(C)C(=O)Nc1c(Cl)cc(N)cc1Cl. The Hall–Kier alpha value is -0.780. The van der Waals surface area contributed by atoms with Crippen LogP contribution < -0.4 is 11.1 Å². The van der Waals surface area contributed by atoms with E-state index in [2.05, 4.69) is 5.32 Å². The predicted molar refractivity (Wildman–Crippen MR) is 91.4 cm³/mol. The van der Waals surface area contributed by atoms with E-state index in [9.17, 15) is 9.00 Å². The molecule has 1 aromatic rings. The molecular formula is C14H20Cl2N2O2S. The number of benzene rings is 1. The molecular weight excluding hydrogens is 331 g/mol. The second kappa shape index (κ2) is 7.47. The van der Waals surface area contributed by atoms with Gasteiger partial charge >= 0.3 is 0 Å². The first-order chi connectivity index (χ1) is 9.65. The van der Waals surface area contributed by atoms with Crippen molar-refractivity contribution in [1.82, 2.24) is 0 Å². The summed E-state index contributed by atoms with van der Waals surface area (Å²) in [7, 11) is -1.28. The van der Waals surface area contributed by atoms with E-state index in [0.717, 1.165) is 0 Å². The molecule has 3 atom stereocenters. The summed E-state index contributed by atoms with van der Waals surface area (Å²) >= 11 is 12.0. The molecule has 118 valence electrons. The normalized spacial score (nSPS) is 15.6. The Morgan fingerprint density at radius 3 is 2.10 bits per heavy atom. The molecule has 0 fully saturated rings. The van der Waals surface area contributed by atoms with Gasteiger partial charge in [0.2, 0.25) is 5.91 Å². The Kier molecular flexibility index (Phi) is 6.50. The van der Waals surface area contributed by atoms with Gasteiger partial charge in [0, 0.05) is 21.7 Å². The first kappa shape index (κ1) is 18.3. The molecule has 4 nitrogen and oxygen atoms in total. The summed E-state index contributed by atoms with van der Waals surface area (Å²) in [5.41, 5.74) is 6.31. The molecule has 0 radical (unpaired) electrons. The van der Waals surface area contributed by atoms with Gasteiger partial charge < -0.3 is 11.1 Å². The lowest BCUT2D eigenvalue weighted by molar-refractivity contribution is -0.115. The molecule has 7 heteroatoms. The van der Waals surface area contributed by atoms with Crippen molar-refractivity contribution in [2.45, 2.75) is 38.2 Å². The molecule has 21 heavy (non-hydrogen) atoms. The molecule has 0 aliphatic rings. The van der Waals surface area contributed by atoms with Gasteiger partial charge in [0.1, 0.15) is 5.25 Å². The molecule has 0 saturated carbocycles. The molecule has 0 aromatic heterocycles. The minimum Gasteiger partial charge on any atom is -0.399 e. The third kappa shape index (κ3) is 4.59. The van der Waals surface area contributed by atoms with Crippen molar-refractivity contribution in [2.75, 3.05) is 11.1 Å². The third-order valence-corrected chi connectivity index (χ3v) is 6.12. The van der Waals surface area contributed by atoms with Gasteiger partial charge in [-0.3, -0.25) is 9.00 Å². The van der Waals surface area contributed by atoms with Crippen molar-refractivity contribution in [3.63, 3.8) is 0 Å². The summed E-state index contributed by atoms with van der Waals surface area (Å²) in [5.74, 6) is -0.154. The number of anilines is 2. The van der Waals surface area contributed by atoms with Gasteiger partial charge in [-0.2, -0.15) is 0 Å². The maximum atomic E-state index is 12.3. The standard InChI is InChI=1S/C14H20Cl2N2O2S/c1-7(2)8(3)21(20)9(4)14(19)18-13-11(15)5-10(17)6-12(13)16/h5-9H,17H2,1-4H3,(H,18,19). The predicted octanol–water partition coefficient (Wildman–Crippen LogP) is 3.70. The topological polar surface area (TPSA) is 72.2 Å². The average molecular weight is 351 g/mol. The van der Waals surface area contributed by atoms with Gasteiger partial charge in [0.25, 0.3) is 0 Å². The molecule has 1 aromatic carbocycles. The zero-order valence-corrected chi connectivity index (χ0v) is 14.8. The molecule has 0 aliphatic carbocycles. The Morgan fingerprint density at radius 2 is 1.67 bits per heavy atom. The number of carbonyl (C=O) groups excluding carboxylic acids is 1. The van der Waals surface area contributed by atoms with E-state index in [1.54, 1.807) is 6.92 Å². The third-order valence-electron chi connectivity index (χ3n) is 3.34. The highest BCUT2D eigenvalue weighted by atomic mass is 35.5. The zero-order valence-electron chi connectivity index (χ0n) is 12.4. The van der Waals surface area contributed by atoms with Gasteiger partial charge in [-0.15, -0.1) is 0 Å². The first-order valence-corrected chi connectivity index (χ1v) is 8.63. The van der Waals surface area contributed by atoms with E-state index in [4.69, 9.17) is 28.9 Å². The van der Waals surface area contributed by atoms with Crippen LogP contribution in [0.3, 0.4) is 0 Å². The second-order valence-corrected chi connectivity index (χ2v) is 8.19. The molecule has 1 rings (SSSR count). The number of nitrogen functional groups attached to an aromatic ring is 1. The van der Waals surface area contributed by atoms with Gasteiger partial charge in [0.05, 0.1) is 15.7 Å². The lowest BCUT2D eigenvalue weighted by Gasteiger charge is -2.20. The van der Waals surface area contributed by atoms with Crippen molar-refractivity contribution in [1.29, 1.82) is 0 Å². The number of rotatable bonds is 5. The molecule has 0 aliphatic heterocycles. The van der Waals surface area contributed by atoms with Crippen LogP contribution in [-0.2, 0) is 15.6 Å². The first-order valence-electron chi connectivity index (χ1n) is 6.59. The quantitative estimate of drug-likeness (QED) is 0.795. The number of nitrogens with one attached hydrogen (secondary N) is 1. The number of hydrogen-bond acceptors (Lipinski definition) is 3. The summed E-state index contributed by atoms with van der Waals surface area (Å²) in [6.45, 7) is 7.44. The highest BCUT2D eigenvalue weighted by Crippen LogP contribution is 2.33. The molecule has 0 heterocycles. The van der Waals surface area contributed by atoms with Gasteiger partial charge in [-0.25, -0.2) is 0 Å². The fraction of sp³-hybridized carbons (Fsp3) is 0.500. The summed E-state index contributed by atoms with van der Waals surface area (Å²) in [6.07, 6.45) is 0. The van der Waals surface area contributed by atoms with Crippen LogP contribution in [0.5, 0.6) is 0 Å². The molecule has 3 N–H and O–H groups in total. The molecule has 0 bridgehead atoms. The number of nitrogens with two attached hydrogens (primary N) is 1. The molecule has 0 saturated heterocycles. The Bertz CT molecular complexity index is 541. The van der Waals surface area contributed by atoms with Crippen molar-refractivity contribution in [3.8, 4) is 0 Å². The largest absolute Gasteiger partial charge is 0.399 e. The molecule has 0 spiro atoms. The van der Waals surface area contributed by atoms with Gasteiger partial charge in [-0.05, 0) is 25.0 Å². The molecule has 3 unspecified atom stereocenters. The highest BCUT2D eigenvalue weighted by Gasteiger charge is 2.27. The number of amides is 1. The van der Waals surface area contributed by atoms with E-state index in [-0.39, 0.29) is 27.1 Å². The van der Waals surface area contributed by atoms with Crippen LogP contribution in [0.2, 0.25) is 10.0 Å². The molecule has 1 amide bonds. The average Bonchev–Trinajstić information content (AvgIpc) is 2.39. The minimum absolute atomic E-state index is 0.0805. The van der Waals surface area contributed by atoms with Crippen molar-refractivity contribution >= 4 is 51.3 Å². The van der Waals surface area contributed by atoms with E-state index in [0.29, 0.717) is 11.4 Å². The lowest BCUT2D eigenvalue weighted by atomic mass is 10.2. The van der Waals surface area contributed by atoms with Gasteiger partial charge in [-0.1, -0.05) is 44.0 Å². The highest BCUT2D eigenvalue weighted by molar-refractivity contribution is 7.87. The monoisotopic (exact) mass is 350 g/mol. The van der Waals surface area contributed by atoms with E-state index in [1.165, 1.54) is 12.1 Å². The van der Waals surface area contributed by atoms with Crippen LogP contribution >= 0.6 is 23.2 Å². The minimum atomic E-state index is -1.28. The lowest BCUT2D eigenvalue weighted by Crippen LogP contribution is -2.35. The van der Waals surface area contributed by atoms with Crippen LogP contribution in [0.25, 0.3) is 0 Å². The van der Waals surface area contributed by atoms with Gasteiger partial charge in [0.15, 0.2) is 0 Å². The van der Waals surface area contributed by atoms with Crippen LogP contribution in [0.15, 0.2) is 12.1 Å². The van der Waals surface area contributed by atoms with Crippen molar-refractivity contribution < 1.29 is 9.00 Å². The van der Waals surface area contributed by atoms with E-state index < -0.39 is 16.0 Å². The van der Waals surface area contributed by atoms with Crippen LogP contribution in [0.1, 0.15) is 27.7 Å². The number of halogens is 2. The summed E-state index contributed by atoms with van der Waals surface area (Å²) in [5, 5.41) is 2.39.